The first-order valence-corrected chi connectivity index (χ1v) is 10.1. The molecule has 1 aromatic carbocycles. The number of fused-ring (bicyclic) bond motifs is 1. The zero-order valence-electron chi connectivity index (χ0n) is 17.1. The average Bonchev–Trinajstić information content (AvgIpc) is 3.22. The van der Waals surface area contributed by atoms with Gasteiger partial charge in [0, 0.05) is 42.2 Å². The lowest BCUT2D eigenvalue weighted by Crippen LogP contribution is -2.34. The quantitative estimate of drug-likeness (QED) is 0.507. The monoisotopic (exact) mass is 426 g/mol. The van der Waals surface area contributed by atoms with Crippen LogP contribution in [-0.2, 0) is 4.74 Å². The van der Waals surface area contributed by atoms with Crippen molar-refractivity contribution in [1.29, 1.82) is 0 Å². The largest absolute Gasteiger partial charge is 0.384 e. The second-order valence-corrected chi connectivity index (χ2v) is 7.27. The Hall–Kier alpha value is -3.80. The van der Waals surface area contributed by atoms with Gasteiger partial charge < -0.3 is 10.5 Å². The molecule has 1 fully saturated rings. The third kappa shape index (κ3) is 4.30. The van der Waals surface area contributed by atoms with E-state index in [0.717, 1.165) is 5.56 Å². The van der Waals surface area contributed by atoms with Crippen LogP contribution in [-0.4, -0.2) is 50.6 Å². The van der Waals surface area contributed by atoms with Gasteiger partial charge in [-0.2, -0.15) is 0 Å². The van der Waals surface area contributed by atoms with Gasteiger partial charge in [-0.1, -0.05) is 18.1 Å². The molecule has 0 amide bonds. The second-order valence-electron chi connectivity index (χ2n) is 7.27. The highest BCUT2D eigenvalue weighted by Crippen LogP contribution is 2.23. The SMILES string of the molecule is Nc1cc(C#Cc2cnc3cnc(-c4ccc([C]N5CCOCC5)c(F)c4)cn23)ccn1. The number of aromatic nitrogens is 4. The molecular weight excluding hydrogens is 407 g/mol. The molecule has 0 atom stereocenters. The van der Waals surface area contributed by atoms with Crippen molar-refractivity contribution in [2.75, 3.05) is 32.0 Å². The maximum Gasteiger partial charge on any atom is 0.156 e. The lowest BCUT2D eigenvalue weighted by atomic mass is 10.1. The predicted molar refractivity (Wildman–Crippen MR) is 118 cm³/mol. The van der Waals surface area contributed by atoms with Crippen LogP contribution >= 0.6 is 0 Å². The molecule has 0 unspecified atom stereocenters. The first kappa shape index (κ1) is 20.1. The Labute approximate surface area is 184 Å². The highest BCUT2D eigenvalue weighted by atomic mass is 19.1. The number of nitrogens with zero attached hydrogens (tertiary/aromatic N) is 5. The maximum absolute atomic E-state index is 14.8. The second kappa shape index (κ2) is 8.75. The number of rotatable bonds is 3. The maximum atomic E-state index is 14.8. The Morgan fingerprint density at radius 2 is 1.88 bits per heavy atom. The third-order valence-electron chi connectivity index (χ3n) is 5.07. The van der Waals surface area contributed by atoms with Gasteiger partial charge in [-0.15, -0.1) is 0 Å². The molecule has 32 heavy (non-hydrogen) atoms. The van der Waals surface area contributed by atoms with Crippen LogP contribution in [0.1, 0.15) is 16.8 Å². The van der Waals surface area contributed by atoms with E-state index in [4.69, 9.17) is 10.5 Å². The number of ether oxygens (including phenoxy) is 1. The van der Waals surface area contributed by atoms with E-state index in [0.29, 0.717) is 60.3 Å². The minimum atomic E-state index is -0.350. The molecule has 7 nitrogen and oxygen atoms in total. The number of nitrogen functional groups attached to an aromatic ring is 1. The number of pyridine rings is 1. The fourth-order valence-electron chi connectivity index (χ4n) is 3.40. The van der Waals surface area contributed by atoms with Gasteiger partial charge in [0.05, 0.1) is 37.8 Å². The number of anilines is 1. The van der Waals surface area contributed by atoms with Gasteiger partial charge in [0.25, 0.3) is 0 Å². The lowest BCUT2D eigenvalue weighted by Gasteiger charge is -2.25. The average molecular weight is 426 g/mol. The van der Waals surface area contributed by atoms with E-state index in [1.165, 1.54) is 6.07 Å². The normalized spacial score (nSPS) is 14.3. The van der Waals surface area contributed by atoms with E-state index in [1.54, 1.807) is 43.0 Å². The Morgan fingerprint density at radius 1 is 1.00 bits per heavy atom. The van der Waals surface area contributed by atoms with E-state index in [2.05, 4.69) is 33.3 Å². The van der Waals surface area contributed by atoms with Crippen molar-refractivity contribution in [1.82, 2.24) is 24.3 Å². The van der Waals surface area contributed by atoms with Crippen LogP contribution < -0.4 is 5.73 Å². The summed E-state index contributed by atoms with van der Waals surface area (Å²) in [5, 5.41) is 0. The number of hydrogen-bond acceptors (Lipinski definition) is 6. The summed E-state index contributed by atoms with van der Waals surface area (Å²) in [5.41, 5.74) is 9.49. The van der Waals surface area contributed by atoms with Crippen molar-refractivity contribution < 1.29 is 9.13 Å². The first-order valence-electron chi connectivity index (χ1n) is 10.1. The first-order chi connectivity index (χ1) is 15.7. The minimum absolute atomic E-state index is 0.350. The van der Waals surface area contributed by atoms with Crippen molar-refractivity contribution in [3.63, 3.8) is 0 Å². The summed E-state index contributed by atoms with van der Waals surface area (Å²) in [5.74, 6) is 6.22. The molecule has 0 saturated carbocycles. The highest BCUT2D eigenvalue weighted by Gasteiger charge is 2.15. The van der Waals surface area contributed by atoms with Gasteiger partial charge in [-0.3, -0.25) is 14.3 Å². The van der Waals surface area contributed by atoms with Gasteiger partial charge in [0.1, 0.15) is 17.3 Å². The Balaban J connectivity index is 1.42. The summed E-state index contributed by atoms with van der Waals surface area (Å²) in [4.78, 5) is 14.7. The molecule has 8 heteroatoms. The van der Waals surface area contributed by atoms with Crippen molar-refractivity contribution >= 4 is 11.5 Å². The molecule has 5 rings (SSSR count). The van der Waals surface area contributed by atoms with Crippen molar-refractivity contribution in [3.05, 3.63) is 84.3 Å². The summed E-state index contributed by atoms with van der Waals surface area (Å²) in [6, 6.07) is 8.52. The minimum Gasteiger partial charge on any atom is -0.384 e. The molecule has 0 bridgehead atoms. The number of imidazole rings is 1. The van der Waals surface area contributed by atoms with E-state index in [9.17, 15) is 4.39 Å². The van der Waals surface area contributed by atoms with Crippen LogP contribution in [0.2, 0.25) is 0 Å². The summed E-state index contributed by atoms with van der Waals surface area (Å²) >= 11 is 0. The fraction of sp³-hybridized carbons (Fsp3) is 0.167. The summed E-state index contributed by atoms with van der Waals surface area (Å²) < 4.78 is 21.9. The number of benzene rings is 1. The van der Waals surface area contributed by atoms with Crippen LogP contribution in [0.3, 0.4) is 0 Å². The predicted octanol–water partition coefficient (Wildman–Crippen LogP) is 2.63. The zero-order chi connectivity index (χ0) is 21.9. The highest BCUT2D eigenvalue weighted by molar-refractivity contribution is 5.61. The smallest absolute Gasteiger partial charge is 0.156 e. The van der Waals surface area contributed by atoms with Crippen LogP contribution in [0.15, 0.2) is 55.1 Å². The van der Waals surface area contributed by atoms with E-state index in [-0.39, 0.29) is 5.82 Å². The van der Waals surface area contributed by atoms with Crippen LogP contribution in [0.4, 0.5) is 10.2 Å². The number of halogens is 1. The topological polar surface area (TPSA) is 81.6 Å². The van der Waals surface area contributed by atoms with Crippen LogP contribution in [0.25, 0.3) is 16.9 Å². The molecule has 2 radical (unpaired) electrons. The third-order valence-corrected chi connectivity index (χ3v) is 5.07. The summed E-state index contributed by atoms with van der Waals surface area (Å²) in [6.07, 6.45) is 6.73. The van der Waals surface area contributed by atoms with Crippen molar-refractivity contribution in [2.45, 2.75) is 0 Å². The Bertz CT molecular complexity index is 1330. The lowest BCUT2D eigenvalue weighted by molar-refractivity contribution is 0.0530. The Morgan fingerprint density at radius 3 is 2.69 bits per heavy atom. The molecule has 1 saturated heterocycles. The number of nitrogens with two attached hydrogens (primary N) is 1. The molecule has 3 aromatic heterocycles. The fourth-order valence-corrected chi connectivity index (χ4v) is 3.40. The van der Waals surface area contributed by atoms with Gasteiger partial charge in [-0.05, 0) is 24.1 Å². The van der Waals surface area contributed by atoms with Gasteiger partial charge in [-0.25, -0.2) is 14.4 Å². The van der Waals surface area contributed by atoms with Crippen molar-refractivity contribution in [3.8, 4) is 23.1 Å². The molecule has 4 aromatic rings. The number of hydrogen-bond donors (Lipinski definition) is 1. The standard InChI is InChI=1S/C24H19FN6O/c25-21-12-18(2-3-19(21)15-30-7-9-32-10-8-30)22-16-31-20(13-29-24(31)14-28-22)4-1-17-5-6-27-23(26)11-17/h2-3,5-6,11-14,16H,7-10H2,(H2,26,27). The van der Waals surface area contributed by atoms with E-state index in [1.807, 2.05) is 15.4 Å². The molecule has 1 aliphatic rings. The summed E-state index contributed by atoms with van der Waals surface area (Å²) in [6.45, 7) is 5.77. The molecule has 2 N–H and O–H groups in total. The molecule has 4 heterocycles. The summed E-state index contributed by atoms with van der Waals surface area (Å²) in [7, 11) is 0. The molecular formula is C24H19FN6O. The van der Waals surface area contributed by atoms with Gasteiger partial charge in [0.15, 0.2) is 5.65 Å². The van der Waals surface area contributed by atoms with Gasteiger partial charge >= 0.3 is 0 Å². The van der Waals surface area contributed by atoms with Gasteiger partial charge in [0.2, 0.25) is 0 Å². The molecule has 0 spiro atoms. The van der Waals surface area contributed by atoms with Crippen molar-refractivity contribution in [2.24, 2.45) is 0 Å². The molecule has 158 valence electrons. The molecule has 1 aliphatic heterocycles. The number of morpholine rings is 1. The van der Waals surface area contributed by atoms with E-state index < -0.39 is 0 Å². The zero-order valence-corrected chi connectivity index (χ0v) is 17.1. The Kier molecular flexibility index (Phi) is 5.50. The van der Waals surface area contributed by atoms with Crippen LogP contribution in [0.5, 0.6) is 0 Å². The van der Waals surface area contributed by atoms with Crippen LogP contribution in [0, 0.1) is 24.2 Å². The molecule has 0 aliphatic carbocycles. The van der Waals surface area contributed by atoms with E-state index >= 15 is 0 Å².